The van der Waals surface area contributed by atoms with Crippen LogP contribution in [0, 0.1) is 11.3 Å². The lowest BCUT2D eigenvalue weighted by Gasteiger charge is -2.12. The number of ether oxygens (including phenoxy) is 2. The van der Waals surface area contributed by atoms with Crippen molar-refractivity contribution in [3.63, 3.8) is 0 Å². The van der Waals surface area contributed by atoms with Gasteiger partial charge in [0.2, 0.25) is 0 Å². The lowest BCUT2D eigenvalue weighted by Crippen LogP contribution is -2.10. The number of nitrogens with zero attached hydrogens (tertiary/aromatic N) is 1. The van der Waals surface area contributed by atoms with Gasteiger partial charge < -0.3 is 9.47 Å². The van der Waals surface area contributed by atoms with Crippen LogP contribution >= 0.6 is 0 Å². The number of rotatable bonds is 4. The van der Waals surface area contributed by atoms with Gasteiger partial charge in [0.15, 0.2) is 0 Å². The number of carbonyl (C=O) groups is 1. The number of methoxy groups -OCH3 is 1. The molecular weight excluding hydrogens is 270 g/mol. The summed E-state index contributed by atoms with van der Waals surface area (Å²) in [5, 5.41) is 8.73. The molecule has 0 amide bonds. The number of alkyl halides is 4. The van der Waals surface area contributed by atoms with Crippen LogP contribution in [0.5, 0.6) is 5.75 Å². The van der Waals surface area contributed by atoms with Crippen molar-refractivity contribution in [3.05, 3.63) is 28.8 Å². The summed E-state index contributed by atoms with van der Waals surface area (Å²) in [6.07, 6.45) is -3.11. The highest BCUT2D eigenvalue weighted by Gasteiger charge is 2.23. The topological polar surface area (TPSA) is 59.3 Å². The van der Waals surface area contributed by atoms with E-state index >= 15 is 0 Å². The Balaban J connectivity index is 3.43. The van der Waals surface area contributed by atoms with Gasteiger partial charge in [0.05, 0.1) is 18.2 Å². The molecule has 0 heterocycles. The van der Waals surface area contributed by atoms with Crippen LogP contribution in [0.2, 0.25) is 0 Å². The molecule has 19 heavy (non-hydrogen) atoms. The molecule has 0 fully saturated rings. The fourth-order valence-electron chi connectivity index (χ4n) is 1.34. The van der Waals surface area contributed by atoms with Crippen molar-refractivity contribution in [2.45, 2.75) is 13.0 Å². The van der Waals surface area contributed by atoms with Gasteiger partial charge in [-0.3, -0.25) is 0 Å². The predicted molar refractivity (Wildman–Crippen MR) is 54.1 cm³/mol. The summed E-state index contributed by atoms with van der Waals surface area (Å²) in [6, 6.07) is 2.73. The van der Waals surface area contributed by atoms with Crippen molar-refractivity contribution >= 4 is 5.97 Å². The zero-order valence-corrected chi connectivity index (χ0v) is 9.49. The lowest BCUT2D eigenvalue weighted by atomic mass is 10.0. The molecule has 0 N–H and O–H groups in total. The largest absolute Gasteiger partial charge is 0.465 e. The second-order valence-electron chi connectivity index (χ2n) is 3.22. The second kappa shape index (κ2) is 6.04. The van der Waals surface area contributed by atoms with Crippen LogP contribution in [0.25, 0.3) is 0 Å². The summed E-state index contributed by atoms with van der Waals surface area (Å²) in [5.41, 5.74) is -1.89. The van der Waals surface area contributed by atoms with E-state index in [4.69, 9.17) is 5.26 Å². The molecule has 0 bridgehead atoms. The Bertz CT molecular complexity index is 525. The number of halogens is 4. The van der Waals surface area contributed by atoms with Crippen LogP contribution in [-0.2, 0) is 4.74 Å². The number of nitriles is 1. The van der Waals surface area contributed by atoms with E-state index in [0.29, 0.717) is 6.07 Å². The Labute approximate surface area is 105 Å². The standard InChI is InChI=1S/C11H7F4NO3/c1-18-10(17)7-2-5(4-16)8(19-11(14)15)3-6(7)9(12)13/h2-3,9,11H,1H3. The van der Waals surface area contributed by atoms with Crippen molar-refractivity contribution in [2.24, 2.45) is 0 Å². The van der Waals surface area contributed by atoms with Gasteiger partial charge in [-0.05, 0) is 12.1 Å². The minimum Gasteiger partial charge on any atom is -0.465 e. The second-order valence-corrected chi connectivity index (χ2v) is 3.22. The fraction of sp³-hybridized carbons (Fsp3) is 0.273. The van der Waals surface area contributed by atoms with Crippen LogP contribution in [-0.4, -0.2) is 19.7 Å². The van der Waals surface area contributed by atoms with E-state index in [1.54, 1.807) is 0 Å². The molecule has 0 unspecified atom stereocenters. The summed E-state index contributed by atoms with van der Waals surface area (Å²) in [5.74, 6) is -1.82. The quantitative estimate of drug-likeness (QED) is 0.627. The first kappa shape index (κ1) is 14.8. The van der Waals surface area contributed by atoms with Gasteiger partial charge in [0.25, 0.3) is 6.43 Å². The number of benzene rings is 1. The molecule has 0 aliphatic carbocycles. The highest BCUT2D eigenvalue weighted by Crippen LogP contribution is 2.31. The molecule has 0 atom stereocenters. The summed E-state index contributed by atoms with van der Waals surface area (Å²) >= 11 is 0. The molecule has 0 aliphatic rings. The van der Waals surface area contributed by atoms with Gasteiger partial charge in [0.1, 0.15) is 11.8 Å². The van der Waals surface area contributed by atoms with Gasteiger partial charge in [-0.15, -0.1) is 0 Å². The Morgan fingerprint density at radius 3 is 2.37 bits per heavy atom. The number of hydrogen-bond donors (Lipinski definition) is 0. The molecule has 0 saturated carbocycles. The van der Waals surface area contributed by atoms with E-state index in [2.05, 4.69) is 9.47 Å². The highest BCUT2D eigenvalue weighted by atomic mass is 19.3. The normalized spacial score (nSPS) is 10.4. The van der Waals surface area contributed by atoms with Crippen molar-refractivity contribution in [1.29, 1.82) is 5.26 Å². The van der Waals surface area contributed by atoms with Crippen LogP contribution in [0.3, 0.4) is 0 Å². The van der Waals surface area contributed by atoms with E-state index < -0.39 is 41.4 Å². The van der Waals surface area contributed by atoms with E-state index in [1.807, 2.05) is 0 Å². The van der Waals surface area contributed by atoms with Crippen LogP contribution in [0.1, 0.15) is 27.9 Å². The molecule has 0 saturated heterocycles. The molecule has 4 nitrogen and oxygen atoms in total. The highest BCUT2D eigenvalue weighted by molar-refractivity contribution is 5.92. The third-order valence-electron chi connectivity index (χ3n) is 2.13. The predicted octanol–water partition coefficient (Wildman–Crippen LogP) is 2.88. The first-order valence-electron chi connectivity index (χ1n) is 4.80. The summed E-state index contributed by atoms with van der Waals surface area (Å²) < 4.78 is 57.9. The molecule has 8 heteroatoms. The average molecular weight is 277 g/mol. The zero-order valence-electron chi connectivity index (χ0n) is 9.49. The molecule has 1 rings (SSSR count). The fourth-order valence-corrected chi connectivity index (χ4v) is 1.34. The van der Waals surface area contributed by atoms with Gasteiger partial charge in [-0.1, -0.05) is 0 Å². The monoisotopic (exact) mass is 277 g/mol. The van der Waals surface area contributed by atoms with E-state index in [0.717, 1.165) is 13.2 Å². The minimum absolute atomic E-state index is 0.468. The van der Waals surface area contributed by atoms with Gasteiger partial charge in [-0.2, -0.15) is 14.0 Å². The zero-order chi connectivity index (χ0) is 14.6. The molecule has 1 aromatic rings. The molecule has 1 aromatic carbocycles. The Hall–Kier alpha value is -2.30. The Kier molecular flexibility index (Phi) is 4.69. The van der Waals surface area contributed by atoms with Crippen molar-refractivity contribution in [2.75, 3.05) is 7.11 Å². The first-order valence-corrected chi connectivity index (χ1v) is 4.80. The minimum atomic E-state index is -3.28. The lowest BCUT2D eigenvalue weighted by molar-refractivity contribution is -0.0502. The number of hydrogen-bond acceptors (Lipinski definition) is 4. The van der Waals surface area contributed by atoms with E-state index in [-0.39, 0.29) is 0 Å². The van der Waals surface area contributed by atoms with E-state index in [1.165, 1.54) is 6.07 Å². The average Bonchev–Trinajstić information content (AvgIpc) is 2.36. The smallest absolute Gasteiger partial charge is 0.387 e. The molecule has 0 radical (unpaired) electrons. The summed E-state index contributed by atoms with van der Waals surface area (Å²) in [6.45, 7) is -3.28. The maximum atomic E-state index is 12.7. The van der Waals surface area contributed by atoms with Crippen molar-refractivity contribution in [1.82, 2.24) is 0 Å². The van der Waals surface area contributed by atoms with E-state index in [9.17, 15) is 22.4 Å². The molecule has 0 spiro atoms. The number of carbonyl (C=O) groups excluding carboxylic acids is 1. The molecular formula is C11H7F4NO3. The maximum Gasteiger partial charge on any atom is 0.387 e. The first-order chi connectivity index (χ1) is 8.90. The SMILES string of the molecule is COC(=O)c1cc(C#N)c(OC(F)F)cc1C(F)F. The number of esters is 1. The molecule has 102 valence electrons. The maximum absolute atomic E-state index is 12.7. The molecule has 0 aromatic heterocycles. The van der Waals surface area contributed by atoms with Gasteiger partial charge >= 0.3 is 12.6 Å². The third kappa shape index (κ3) is 3.34. The van der Waals surface area contributed by atoms with Gasteiger partial charge in [-0.25, -0.2) is 13.6 Å². The third-order valence-corrected chi connectivity index (χ3v) is 2.13. The summed E-state index contributed by atoms with van der Waals surface area (Å²) in [4.78, 5) is 11.3. The van der Waals surface area contributed by atoms with Gasteiger partial charge in [0, 0.05) is 5.56 Å². The van der Waals surface area contributed by atoms with Crippen molar-refractivity contribution in [3.8, 4) is 11.8 Å². The Morgan fingerprint density at radius 1 is 1.32 bits per heavy atom. The summed E-state index contributed by atoms with van der Waals surface area (Å²) in [7, 11) is 0.965. The van der Waals surface area contributed by atoms with Crippen LogP contribution < -0.4 is 4.74 Å². The molecule has 0 aliphatic heterocycles. The van der Waals surface area contributed by atoms with Crippen LogP contribution in [0.4, 0.5) is 17.6 Å². The Morgan fingerprint density at radius 2 is 1.95 bits per heavy atom. The van der Waals surface area contributed by atoms with Crippen LogP contribution in [0.15, 0.2) is 12.1 Å². The van der Waals surface area contributed by atoms with Crippen molar-refractivity contribution < 1.29 is 31.8 Å².